The molecular formula is C9H19N. The van der Waals surface area contributed by atoms with Gasteiger partial charge in [-0.15, -0.1) is 0 Å². The van der Waals surface area contributed by atoms with Gasteiger partial charge in [0.15, 0.2) is 0 Å². The highest BCUT2D eigenvalue weighted by molar-refractivity contribution is 4.82. The summed E-state index contributed by atoms with van der Waals surface area (Å²) in [5.74, 6) is 1.74. The van der Waals surface area contributed by atoms with E-state index in [1.807, 2.05) is 0 Å². The van der Waals surface area contributed by atoms with Crippen LogP contribution in [0.25, 0.3) is 0 Å². The highest BCUT2D eigenvalue weighted by atomic mass is 15.2. The van der Waals surface area contributed by atoms with E-state index in [9.17, 15) is 0 Å². The first-order chi connectivity index (χ1) is 4.61. The molecule has 2 atom stereocenters. The number of nitrogens with zero attached hydrogens (tertiary/aromatic N) is 1. The van der Waals surface area contributed by atoms with Gasteiger partial charge in [-0.25, -0.2) is 0 Å². The zero-order chi connectivity index (χ0) is 7.72. The molecule has 0 aromatic heterocycles. The molecule has 0 saturated carbocycles. The molecule has 1 heteroatoms. The van der Waals surface area contributed by atoms with E-state index in [0.717, 1.165) is 17.9 Å². The minimum atomic E-state index is 0.829. The van der Waals surface area contributed by atoms with Crippen LogP contribution >= 0.6 is 0 Å². The topological polar surface area (TPSA) is 3.24 Å². The molecular weight excluding hydrogens is 122 g/mol. The van der Waals surface area contributed by atoms with Crippen LogP contribution in [0.4, 0.5) is 0 Å². The highest BCUT2D eigenvalue weighted by Gasteiger charge is 2.28. The van der Waals surface area contributed by atoms with Gasteiger partial charge in [-0.2, -0.15) is 0 Å². The van der Waals surface area contributed by atoms with Gasteiger partial charge >= 0.3 is 0 Å². The van der Waals surface area contributed by atoms with Crippen LogP contribution in [0.5, 0.6) is 0 Å². The van der Waals surface area contributed by atoms with Gasteiger partial charge in [-0.1, -0.05) is 20.8 Å². The van der Waals surface area contributed by atoms with Gasteiger partial charge < -0.3 is 4.90 Å². The maximum absolute atomic E-state index is 2.50. The van der Waals surface area contributed by atoms with Crippen molar-refractivity contribution < 1.29 is 0 Å². The quantitative estimate of drug-likeness (QED) is 0.539. The fourth-order valence-electron chi connectivity index (χ4n) is 2.07. The van der Waals surface area contributed by atoms with Crippen molar-refractivity contribution in [2.45, 2.75) is 33.2 Å². The summed E-state index contributed by atoms with van der Waals surface area (Å²) in [5.41, 5.74) is 0. The maximum atomic E-state index is 2.50. The van der Waals surface area contributed by atoms with Crippen molar-refractivity contribution in [3.8, 4) is 0 Å². The molecule has 1 rings (SSSR count). The van der Waals surface area contributed by atoms with Crippen molar-refractivity contribution in [2.24, 2.45) is 11.8 Å². The van der Waals surface area contributed by atoms with Gasteiger partial charge in [0.05, 0.1) is 0 Å². The largest absolute Gasteiger partial charge is 0.303 e. The molecule has 0 aliphatic carbocycles. The Morgan fingerprint density at radius 2 is 2.00 bits per heavy atom. The van der Waals surface area contributed by atoms with Crippen molar-refractivity contribution in [1.82, 2.24) is 4.90 Å². The molecule has 10 heavy (non-hydrogen) atoms. The predicted octanol–water partition coefficient (Wildman–Crippen LogP) is 1.98. The monoisotopic (exact) mass is 141 g/mol. The second-order valence-corrected chi connectivity index (χ2v) is 4.09. The Labute approximate surface area is 64.4 Å². The second-order valence-electron chi connectivity index (χ2n) is 4.09. The number of hydrogen-bond donors (Lipinski definition) is 0. The molecule has 0 aromatic rings. The zero-order valence-corrected chi connectivity index (χ0v) is 7.59. The Hall–Kier alpha value is -0.0400. The first kappa shape index (κ1) is 8.06. The minimum absolute atomic E-state index is 0.829. The van der Waals surface area contributed by atoms with Crippen LogP contribution in [0.3, 0.4) is 0 Å². The summed E-state index contributed by atoms with van der Waals surface area (Å²) < 4.78 is 0. The van der Waals surface area contributed by atoms with E-state index in [1.54, 1.807) is 0 Å². The Balaban J connectivity index is 2.46. The average Bonchev–Trinajstić information content (AvgIpc) is 2.10. The molecule has 1 heterocycles. The molecule has 0 radical (unpaired) electrons. The molecule has 0 N–H and O–H groups in total. The Morgan fingerprint density at radius 3 is 2.20 bits per heavy atom. The Kier molecular flexibility index (Phi) is 2.35. The third-order valence-electron chi connectivity index (χ3n) is 2.58. The Bertz CT molecular complexity index is 109. The zero-order valence-electron chi connectivity index (χ0n) is 7.59. The van der Waals surface area contributed by atoms with Crippen LogP contribution in [0.2, 0.25) is 0 Å². The van der Waals surface area contributed by atoms with Crippen LogP contribution in [-0.2, 0) is 0 Å². The molecule has 0 unspecified atom stereocenters. The van der Waals surface area contributed by atoms with E-state index in [2.05, 4.69) is 32.7 Å². The number of hydrogen-bond acceptors (Lipinski definition) is 1. The summed E-state index contributed by atoms with van der Waals surface area (Å²) >= 11 is 0. The number of likely N-dealkylation sites (tertiary alicyclic amines) is 1. The highest BCUT2D eigenvalue weighted by Crippen LogP contribution is 2.25. The minimum Gasteiger partial charge on any atom is -0.303 e. The van der Waals surface area contributed by atoms with E-state index in [0.29, 0.717) is 0 Å². The Morgan fingerprint density at radius 1 is 1.40 bits per heavy atom. The fraction of sp³-hybridized carbons (Fsp3) is 1.00. The van der Waals surface area contributed by atoms with Gasteiger partial charge in [0.1, 0.15) is 0 Å². The molecule has 1 fully saturated rings. The third kappa shape index (κ3) is 1.51. The van der Waals surface area contributed by atoms with Crippen molar-refractivity contribution in [1.29, 1.82) is 0 Å². The average molecular weight is 141 g/mol. The van der Waals surface area contributed by atoms with Crippen molar-refractivity contribution in [3.63, 3.8) is 0 Å². The molecule has 0 aromatic carbocycles. The van der Waals surface area contributed by atoms with Gasteiger partial charge in [-0.3, -0.25) is 0 Å². The van der Waals surface area contributed by atoms with Gasteiger partial charge in [-0.05, 0) is 25.3 Å². The summed E-state index contributed by atoms with van der Waals surface area (Å²) in [6.45, 7) is 8.28. The predicted molar refractivity (Wildman–Crippen MR) is 45.0 cm³/mol. The summed E-state index contributed by atoms with van der Waals surface area (Å²) in [7, 11) is 2.24. The van der Waals surface area contributed by atoms with Crippen LogP contribution in [0.15, 0.2) is 0 Å². The van der Waals surface area contributed by atoms with Crippen molar-refractivity contribution in [2.75, 3.05) is 13.6 Å². The lowest BCUT2D eigenvalue weighted by atomic mass is 9.99. The second kappa shape index (κ2) is 2.91. The summed E-state index contributed by atoms with van der Waals surface area (Å²) in [5, 5.41) is 0. The van der Waals surface area contributed by atoms with E-state index in [1.165, 1.54) is 13.0 Å². The first-order valence-electron chi connectivity index (χ1n) is 4.31. The van der Waals surface area contributed by atoms with Crippen molar-refractivity contribution >= 4 is 0 Å². The van der Waals surface area contributed by atoms with E-state index in [-0.39, 0.29) is 0 Å². The smallest absolute Gasteiger partial charge is 0.0118 e. The lowest BCUT2D eigenvalue weighted by molar-refractivity contribution is 0.250. The molecule has 1 saturated heterocycles. The number of rotatable bonds is 1. The summed E-state index contributed by atoms with van der Waals surface area (Å²) in [6, 6.07) is 0.843. The molecule has 0 bridgehead atoms. The van der Waals surface area contributed by atoms with Gasteiger partial charge in [0, 0.05) is 12.6 Å². The van der Waals surface area contributed by atoms with E-state index in [4.69, 9.17) is 0 Å². The standard InChI is InChI=1S/C9H19N/c1-7(2)9-5-8(3)6-10(9)4/h7-9H,5-6H2,1-4H3/t8-,9+/m0/s1. The van der Waals surface area contributed by atoms with Crippen LogP contribution in [0, 0.1) is 11.8 Å². The third-order valence-corrected chi connectivity index (χ3v) is 2.58. The normalized spacial score (nSPS) is 35.7. The van der Waals surface area contributed by atoms with Crippen LogP contribution < -0.4 is 0 Å². The van der Waals surface area contributed by atoms with Gasteiger partial charge in [0.25, 0.3) is 0 Å². The van der Waals surface area contributed by atoms with Gasteiger partial charge in [0.2, 0.25) is 0 Å². The van der Waals surface area contributed by atoms with Crippen LogP contribution in [-0.4, -0.2) is 24.5 Å². The molecule has 1 nitrogen and oxygen atoms in total. The molecule has 0 amide bonds. The molecule has 0 spiro atoms. The summed E-state index contributed by atoms with van der Waals surface area (Å²) in [4.78, 5) is 2.50. The first-order valence-corrected chi connectivity index (χ1v) is 4.31. The lowest BCUT2D eigenvalue weighted by Crippen LogP contribution is -2.29. The SMILES string of the molecule is CC(C)[C@H]1C[C@H](C)CN1C. The maximum Gasteiger partial charge on any atom is 0.0118 e. The molecule has 1 aliphatic rings. The van der Waals surface area contributed by atoms with E-state index < -0.39 is 0 Å². The molecule has 1 aliphatic heterocycles. The van der Waals surface area contributed by atoms with Crippen molar-refractivity contribution in [3.05, 3.63) is 0 Å². The summed E-state index contributed by atoms with van der Waals surface area (Å²) in [6.07, 6.45) is 1.40. The van der Waals surface area contributed by atoms with Crippen LogP contribution in [0.1, 0.15) is 27.2 Å². The molecule has 60 valence electrons. The fourth-order valence-corrected chi connectivity index (χ4v) is 2.07. The lowest BCUT2D eigenvalue weighted by Gasteiger charge is -2.22. The van der Waals surface area contributed by atoms with E-state index >= 15 is 0 Å².